The molecular formula is C21H35N5O. The van der Waals surface area contributed by atoms with Crippen molar-refractivity contribution < 1.29 is 4.79 Å². The number of nitrogens with one attached hydrogen (secondary N) is 3. The molecule has 1 unspecified atom stereocenters. The Bertz CT molecular complexity index is 616. The van der Waals surface area contributed by atoms with E-state index < -0.39 is 0 Å². The van der Waals surface area contributed by atoms with Gasteiger partial charge in [0.25, 0.3) is 5.91 Å². The van der Waals surface area contributed by atoms with E-state index in [1.54, 1.807) is 7.05 Å². The molecule has 0 aromatic heterocycles. The third kappa shape index (κ3) is 6.86. The van der Waals surface area contributed by atoms with Gasteiger partial charge in [0.1, 0.15) is 0 Å². The van der Waals surface area contributed by atoms with Crippen LogP contribution in [0.3, 0.4) is 0 Å². The number of guanidine groups is 1. The molecule has 1 aliphatic rings. The molecule has 27 heavy (non-hydrogen) atoms. The molecule has 0 aliphatic carbocycles. The molecule has 0 radical (unpaired) electrons. The molecule has 1 aromatic rings. The van der Waals surface area contributed by atoms with Crippen molar-refractivity contribution in [3.05, 3.63) is 35.4 Å². The minimum absolute atomic E-state index is 0.0714. The largest absolute Gasteiger partial charge is 0.357 e. The molecule has 0 bridgehead atoms. The van der Waals surface area contributed by atoms with Crippen LogP contribution in [0.4, 0.5) is 0 Å². The fourth-order valence-electron chi connectivity index (χ4n) is 3.60. The minimum atomic E-state index is -0.0714. The van der Waals surface area contributed by atoms with Crippen molar-refractivity contribution in [1.29, 1.82) is 0 Å². The number of hydrogen-bond acceptors (Lipinski definition) is 3. The van der Waals surface area contributed by atoms with E-state index in [9.17, 15) is 4.79 Å². The van der Waals surface area contributed by atoms with Crippen LogP contribution in [-0.4, -0.2) is 56.0 Å². The predicted molar refractivity (Wildman–Crippen MR) is 112 cm³/mol. The van der Waals surface area contributed by atoms with Gasteiger partial charge in [-0.15, -0.1) is 0 Å². The molecule has 6 nitrogen and oxygen atoms in total. The first-order valence-electron chi connectivity index (χ1n) is 10.2. The van der Waals surface area contributed by atoms with Crippen molar-refractivity contribution in [3.63, 3.8) is 0 Å². The highest BCUT2D eigenvalue weighted by Crippen LogP contribution is 2.18. The molecule has 1 saturated heterocycles. The van der Waals surface area contributed by atoms with E-state index in [1.807, 2.05) is 24.3 Å². The van der Waals surface area contributed by atoms with Crippen LogP contribution >= 0.6 is 0 Å². The van der Waals surface area contributed by atoms with Gasteiger partial charge >= 0.3 is 0 Å². The molecule has 150 valence electrons. The van der Waals surface area contributed by atoms with Crippen molar-refractivity contribution in [1.82, 2.24) is 20.9 Å². The van der Waals surface area contributed by atoms with E-state index in [-0.39, 0.29) is 5.91 Å². The molecule has 2 rings (SSSR count). The van der Waals surface area contributed by atoms with Gasteiger partial charge in [0, 0.05) is 38.3 Å². The van der Waals surface area contributed by atoms with E-state index in [0.29, 0.717) is 12.1 Å². The Hall–Kier alpha value is -2.08. The predicted octanol–water partition coefficient (Wildman–Crippen LogP) is 2.37. The Morgan fingerprint density at radius 1 is 1.26 bits per heavy atom. The van der Waals surface area contributed by atoms with Gasteiger partial charge in [-0.25, -0.2) is 4.99 Å². The van der Waals surface area contributed by atoms with Gasteiger partial charge in [-0.2, -0.15) is 0 Å². The smallest absolute Gasteiger partial charge is 0.251 e. The molecule has 6 heteroatoms. The van der Waals surface area contributed by atoms with Crippen molar-refractivity contribution in [3.8, 4) is 0 Å². The maximum absolute atomic E-state index is 11.8. The zero-order chi connectivity index (χ0) is 19.5. The number of likely N-dealkylation sites (tertiary alicyclic amines) is 1. The summed E-state index contributed by atoms with van der Waals surface area (Å²) in [6.45, 7) is 8.87. The number of rotatable bonds is 8. The Kier molecular flexibility index (Phi) is 9.11. The monoisotopic (exact) mass is 373 g/mol. The Labute approximate surface area is 163 Å². The third-order valence-electron chi connectivity index (χ3n) is 5.09. The van der Waals surface area contributed by atoms with Crippen molar-refractivity contribution in [2.24, 2.45) is 4.99 Å². The van der Waals surface area contributed by atoms with Gasteiger partial charge < -0.3 is 16.0 Å². The normalized spacial score (nSPS) is 18.2. The van der Waals surface area contributed by atoms with Gasteiger partial charge in [0.2, 0.25) is 0 Å². The first-order chi connectivity index (χ1) is 13.2. The number of benzene rings is 1. The Balaban J connectivity index is 1.89. The van der Waals surface area contributed by atoms with Crippen molar-refractivity contribution >= 4 is 11.9 Å². The number of aliphatic imine (C=N–C) groups is 1. The van der Waals surface area contributed by atoms with Gasteiger partial charge in [-0.1, -0.05) is 25.5 Å². The van der Waals surface area contributed by atoms with Crippen LogP contribution in [-0.2, 0) is 6.54 Å². The lowest BCUT2D eigenvalue weighted by Gasteiger charge is -2.35. The van der Waals surface area contributed by atoms with E-state index in [0.717, 1.165) is 37.2 Å². The lowest BCUT2D eigenvalue weighted by molar-refractivity contribution is 0.0963. The van der Waals surface area contributed by atoms with Crippen LogP contribution in [0.5, 0.6) is 0 Å². The fraction of sp³-hybridized carbons (Fsp3) is 0.619. The SMILES string of the molecule is CCNC(=NCc1cccc(C(=O)NC)c1)NCCN1CCCCC1CC. The summed E-state index contributed by atoms with van der Waals surface area (Å²) in [7, 11) is 1.64. The molecule has 3 N–H and O–H groups in total. The lowest BCUT2D eigenvalue weighted by atomic mass is 10.0. The van der Waals surface area contributed by atoms with Crippen LogP contribution in [0.2, 0.25) is 0 Å². The molecule has 1 aromatic carbocycles. The fourth-order valence-corrected chi connectivity index (χ4v) is 3.60. The highest BCUT2D eigenvalue weighted by Gasteiger charge is 2.19. The highest BCUT2D eigenvalue weighted by molar-refractivity contribution is 5.94. The van der Waals surface area contributed by atoms with Crippen LogP contribution in [0.15, 0.2) is 29.3 Å². The number of carbonyl (C=O) groups is 1. The Morgan fingerprint density at radius 2 is 2.11 bits per heavy atom. The molecule has 1 aliphatic heterocycles. The lowest BCUT2D eigenvalue weighted by Crippen LogP contribution is -2.45. The maximum atomic E-state index is 11.8. The summed E-state index contributed by atoms with van der Waals surface area (Å²) in [5.74, 6) is 0.755. The van der Waals surface area contributed by atoms with Crippen molar-refractivity contribution in [2.45, 2.75) is 52.1 Å². The molecule has 0 spiro atoms. The number of hydrogen-bond donors (Lipinski definition) is 3. The zero-order valence-corrected chi connectivity index (χ0v) is 17.1. The molecule has 0 saturated carbocycles. The Morgan fingerprint density at radius 3 is 2.85 bits per heavy atom. The summed E-state index contributed by atoms with van der Waals surface area (Å²) < 4.78 is 0. The van der Waals surface area contributed by atoms with Crippen LogP contribution in [0.1, 0.15) is 55.5 Å². The summed E-state index contributed by atoms with van der Waals surface area (Å²) in [6, 6.07) is 8.34. The van der Waals surface area contributed by atoms with Gasteiger partial charge in [0.05, 0.1) is 6.54 Å². The van der Waals surface area contributed by atoms with Crippen LogP contribution < -0.4 is 16.0 Å². The third-order valence-corrected chi connectivity index (χ3v) is 5.09. The topological polar surface area (TPSA) is 68.8 Å². The number of nitrogens with zero attached hydrogens (tertiary/aromatic N) is 2. The summed E-state index contributed by atoms with van der Waals surface area (Å²) in [6.07, 6.45) is 5.23. The van der Waals surface area contributed by atoms with Crippen LogP contribution in [0, 0.1) is 0 Å². The summed E-state index contributed by atoms with van der Waals surface area (Å²) >= 11 is 0. The molecule has 1 amide bonds. The average molecular weight is 374 g/mol. The minimum Gasteiger partial charge on any atom is -0.357 e. The molecule has 1 fully saturated rings. The number of amides is 1. The van der Waals surface area contributed by atoms with E-state index >= 15 is 0 Å². The standard InChI is InChI=1S/C21H35N5O/c1-4-19-11-6-7-13-26(19)14-12-24-21(23-5-2)25-16-17-9-8-10-18(15-17)20(27)22-3/h8-10,15,19H,4-7,11-14,16H2,1-3H3,(H,22,27)(H2,23,24,25). The number of piperidine rings is 1. The van der Waals surface area contributed by atoms with E-state index in [4.69, 9.17) is 0 Å². The first kappa shape index (κ1) is 21.2. The van der Waals surface area contributed by atoms with Gasteiger partial charge in [-0.05, 0) is 50.4 Å². The second-order valence-electron chi connectivity index (χ2n) is 7.00. The van der Waals surface area contributed by atoms with Gasteiger partial charge in [-0.3, -0.25) is 9.69 Å². The van der Waals surface area contributed by atoms with Gasteiger partial charge in [0.15, 0.2) is 5.96 Å². The zero-order valence-electron chi connectivity index (χ0n) is 17.1. The second kappa shape index (κ2) is 11.6. The van der Waals surface area contributed by atoms with E-state index in [2.05, 4.69) is 39.7 Å². The van der Waals surface area contributed by atoms with E-state index in [1.165, 1.54) is 32.2 Å². The second-order valence-corrected chi connectivity index (χ2v) is 7.00. The highest BCUT2D eigenvalue weighted by atomic mass is 16.1. The molecule has 1 heterocycles. The maximum Gasteiger partial charge on any atom is 0.251 e. The van der Waals surface area contributed by atoms with Crippen LogP contribution in [0.25, 0.3) is 0 Å². The summed E-state index contributed by atoms with van der Waals surface area (Å²) in [5.41, 5.74) is 1.69. The number of carbonyl (C=O) groups excluding carboxylic acids is 1. The van der Waals surface area contributed by atoms with Crippen molar-refractivity contribution in [2.75, 3.05) is 33.2 Å². The summed E-state index contributed by atoms with van der Waals surface area (Å²) in [5, 5.41) is 9.41. The first-order valence-corrected chi connectivity index (χ1v) is 10.2. The molecule has 1 atom stereocenters. The molecular weight excluding hydrogens is 338 g/mol. The quantitative estimate of drug-likeness (QED) is 0.483. The average Bonchev–Trinajstić information content (AvgIpc) is 2.72. The summed E-state index contributed by atoms with van der Waals surface area (Å²) in [4.78, 5) is 19.1.